The third kappa shape index (κ3) is 2.20. The SMILES string of the molecule is COc1cccc(C)c1-c1nc2ccc(Cl)cc2s1. The molecule has 0 atom stereocenters. The lowest BCUT2D eigenvalue weighted by molar-refractivity contribution is 0.416. The second kappa shape index (κ2) is 4.83. The van der Waals surface area contributed by atoms with Crippen molar-refractivity contribution in [2.75, 3.05) is 7.11 Å². The van der Waals surface area contributed by atoms with Crippen LogP contribution in [0.1, 0.15) is 5.56 Å². The van der Waals surface area contributed by atoms with Crippen molar-refractivity contribution in [1.82, 2.24) is 4.98 Å². The van der Waals surface area contributed by atoms with Crippen molar-refractivity contribution in [3.8, 4) is 16.3 Å². The summed E-state index contributed by atoms with van der Waals surface area (Å²) in [5.41, 5.74) is 3.18. The van der Waals surface area contributed by atoms with Gasteiger partial charge in [-0.15, -0.1) is 11.3 Å². The minimum absolute atomic E-state index is 0.736. The zero-order chi connectivity index (χ0) is 13.4. The van der Waals surface area contributed by atoms with Crippen LogP contribution in [0.25, 0.3) is 20.8 Å². The molecule has 0 saturated heterocycles. The first-order chi connectivity index (χ1) is 9.19. The molecular weight excluding hydrogens is 278 g/mol. The molecule has 0 unspecified atom stereocenters. The van der Waals surface area contributed by atoms with Crippen LogP contribution in [0.15, 0.2) is 36.4 Å². The number of hydrogen-bond donors (Lipinski definition) is 0. The number of ether oxygens (including phenoxy) is 1. The Morgan fingerprint density at radius 1 is 1.21 bits per heavy atom. The van der Waals surface area contributed by atoms with Crippen LogP contribution >= 0.6 is 22.9 Å². The maximum atomic E-state index is 6.02. The smallest absolute Gasteiger partial charge is 0.129 e. The molecule has 0 saturated carbocycles. The normalized spacial score (nSPS) is 10.9. The number of thiazole rings is 1. The Hall–Kier alpha value is -1.58. The fourth-order valence-electron chi connectivity index (χ4n) is 2.09. The minimum Gasteiger partial charge on any atom is -0.496 e. The summed E-state index contributed by atoms with van der Waals surface area (Å²) in [5, 5.41) is 1.70. The van der Waals surface area contributed by atoms with E-state index in [0.717, 1.165) is 37.1 Å². The molecule has 0 aliphatic carbocycles. The van der Waals surface area contributed by atoms with E-state index in [-0.39, 0.29) is 0 Å². The summed E-state index contributed by atoms with van der Waals surface area (Å²) < 4.78 is 6.53. The molecule has 1 aromatic heterocycles. The first-order valence-electron chi connectivity index (χ1n) is 5.89. The van der Waals surface area contributed by atoms with E-state index in [4.69, 9.17) is 16.3 Å². The monoisotopic (exact) mass is 289 g/mol. The van der Waals surface area contributed by atoms with Gasteiger partial charge in [0.05, 0.1) is 22.9 Å². The quantitative estimate of drug-likeness (QED) is 0.667. The topological polar surface area (TPSA) is 22.1 Å². The van der Waals surface area contributed by atoms with Crippen molar-refractivity contribution in [2.24, 2.45) is 0 Å². The zero-order valence-corrected chi connectivity index (χ0v) is 12.2. The van der Waals surface area contributed by atoms with Gasteiger partial charge >= 0.3 is 0 Å². The Morgan fingerprint density at radius 3 is 2.84 bits per heavy atom. The Kier molecular flexibility index (Phi) is 3.17. The number of hydrogen-bond acceptors (Lipinski definition) is 3. The fourth-order valence-corrected chi connectivity index (χ4v) is 3.45. The van der Waals surface area contributed by atoms with Gasteiger partial charge in [-0.1, -0.05) is 23.7 Å². The van der Waals surface area contributed by atoms with E-state index >= 15 is 0 Å². The Morgan fingerprint density at radius 2 is 2.05 bits per heavy atom. The Bertz CT molecular complexity index is 751. The summed E-state index contributed by atoms with van der Waals surface area (Å²) in [7, 11) is 1.68. The number of methoxy groups -OCH3 is 1. The molecular formula is C15H12ClNOS. The van der Waals surface area contributed by atoms with E-state index in [1.54, 1.807) is 18.4 Å². The van der Waals surface area contributed by atoms with Crippen LogP contribution in [0, 0.1) is 6.92 Å². The average Bonchev–Trinajstić information content (AvgIpc) is 2.80. The van der Waals surface area contributed by atoms with Gasteiger partial charge < -0.3 is 4.74 Å². The second-order valence-corrected chi connectivity index (χ2v) is 5.75. The number of aromatic nitrogens is 1. The van der Waals surface area contributed by atoms with E-state index in [1.165, 1.54) is 0 Å². The van der Waals surface area contributed by atoms with Crippen molar-refractivity contribution < 1.29 is 4.74 Å². The largest absolute Gasteiger partial charge is 0.496 e. The predicted octanol–water partition coefficient (Wildman–Crippen LogP) is 4.93. The highest BCUT2D eigenvalue weighted by Gasteiger charge is 2.13. The molecule has 1 heterocycles. The molecule has 0 aliphatic heterocycles. The molecule has 0 amide bonds. The molecule has 0 aliphatic rings. The lowest BCUT2D eigenvalue weighted by Gasteiger charge is -2.08. The highest BCUT2D eigenvalue weighted by molar-refractivity contribution is 7.21. The van der Waals surface area contributed by atoms with E-state index in [9.17, 15) is 0 Å². The van der Waals surface area contributed by atoms with Crippen molar-refractivity contribution in [3.05, 3.63) is 47.0 Å². The van der Waals surface area contributed by atoms with Crippen LogP contribution in [0.2, 0.25) is 5.02 Å². The molecule has 19 heavy (non-hydrogen) atoms. The number of benzene rings is 2. The summed E-state index contributed by atoms with van der Waals surface area (Å²) in [6.07, 6.45) is 0. The number of halogens is 1. The molecule has 0 spiro atoms. The fraction of sp³-hybridized carbons (Fsp3) is 0.133. The molecule has 2 nitrogen and oxygen atoms in total. The molecule has 2 aromatic carbocycles. The van der Waals surface area contributed by atoms with Crippen molar-refractivity contribution in [3.63, 3.8) is 0 Å². The third-order valence-corrected chi connectivity index (χ3v) is 4.29. The maximum absolute atomic E-state index is 6.02. The molecule has 3 aromatic rings. The highest BCUT2D eigenvalue weighted by Crippen LogP contribution is 2.38. The van der Waals surface area contributed by atoms with Gasteiger partial charge in [0.25, 0.3) is 0 Å². The third-order valence-electron chi connectivity index (χ3n) is 3.02. The van der Waals surface area contributed by atoms with Gasteiger partial charge in [-0.25, -0.2) is 4.98 Å². The van der Waals surface area contributed by atoms with Crippen LogP contribution in [-0.4, -0.2) is 12.1 Å². The number of fused-ring (bicyclic) bond motifs is 1. The highest BCUT2D eigenvalue weighted by atomic mass is 35.5. The van der Waals surface area contributed by atoms with Crippen LogP contribution in [-0.2, 0) is 0 Å². The zero-order valence-electron chi connectivity index (χ0n) is 10.6. The predicted molar refractivity (Wildman–Crippen MR) is 81.4 cm³/mol. The van der Waals surface area contributed by atoms with Gasteiger partial charge in [-0.05, 0) is 36.8 Å². The Balaban J connectivity index is 2.24. The van der Waals surface area contributed by atoms with Crippen LogP contribution < -0.4 is 4.74 Å². The van der Waals surface area contributed by atoms with Gasteiger partial charge in [0, 0.05) is 5.02 Å². The second-order valence-electron chi connectivity index (χ2n) is 4.28. The van der Waals surface area contributed by atoms with Gasteiger partial charge in [0.15, 0.2) is 0 Å². The number of nitrogens with zero attached hydrogens (tertiary/aromatic N) is 1. The first kappa shape index (κ1) is 12.5. The summed E-state index contributed by atoms with van der Waals surface area (Å²) in [5.74, 6) is 0.852. The van der Waals surface area contributed by atoms with Gasteiger partial charge in [0.2, 0.25) is 0 Å². The van der Waals surface area contributed by atoms with Crippen LogP contribution in [0.4, 0.5) is 0 Å². The van der Waals surface area contributed by atoms with Crippen molar-refractivity contribution in [2.45, 2.75) is 6.92 Å². The Labute approximate surface area is 120 Å². The summed E-state index contributed by atoms with van der Waals surface area (Å²) in [6.45, 7) is 2.07. The summed E-state index contributed by atoms with van der Waals surface area (Å²) in [4.78, 5) is 4.67. The summed E-state index contributed by atoms with van der Waals surface area (Å²) >= 11 is 7.65. The van der Waals surface area contributed by atoms with Crippen molar-refractivity contribution >= 4 is 33.2 Å². The molecule has 96 valence electrons. The van der Waals surface area contributed by atoms with Crippen molar-refractivity contribution in [1.29, 1.82) is 0 Å². The molecule has 0 bridgehead atoms. The number of aryl methyl sites for hydroxylation is 1. The minimum atomic E-state index is 0.736. The molecule has 0 fully saturated rings. The molecule has 4 heteroatoms. The van der Waals surface area contributed by atoms with Gasteiger partial charge in [-0.3, -0.25) is 0 Å². The van der Waals surface area contributed by atoms with Crippen LogP contribution in [0.3, 0.4) is 0 Å². The van der Waals surface area contributed by atoms with E-state index in [1.807, 2.05) is 30.3 Å². The average molecular weight is 290 g/mol. The standard InChI is InChI=1S/C15H12ClNOS/c1-9-4-3-5-12(18-2)14(9)15-17-11-7-6-10(16)8-13(11)19-15/h3-8H,1-2H3. The lowest BCUT2D eigenvalue weighted by atomic mass is 10.1. The molecule has 0 N–H and O–H groups in total. The molecule has 0 radical (unpaired) electrons. The maximum Gasteiger partial charge on any atom is 0.129 e. The first-order valence-corrected chi connectivity index (χ1v) is 7.08. The van der Waals surface area contributed by atoms with Gasteiger partial charge in [0.1, 0.15) is 10.8 Å². The molecule has 3 rings (SSSR count). The van der Waals surface area contributed by atoms with E-state index in [0.29, 0.717) is 0 Å². The summed E-state index contributed by atoms with van der Waals surface area (Å²) in [6, 6.07) is 11.8. The number of rotatable bonds is 2. The van der Waals surface area contributed by atoms with Gasteiger partial charge in [-0.2, -0.15) is 0 Å². The van der Waals surface area contributed by atoms with E-state index in [2.05, 4.69) is 18.0 Å². The lowest BCUT2D eigenvalue weighted by Crippen LogP contribution is -1.90. The van der Waals surface area contributed by atoms with Crippen LogP contribution in [0.5, 0.6) is 5.75 Å². The van der Waals surface area contributed by atoms with E-state index < -0.39 is 0 Å².